The zero-order valence-electron chi connectivity index (χ0n) is 9.81. The van der Waals surface area contributed by atoms with Crippen molar-refractivity contribution in [2.75, 3.05) is 13.1 Å². The maximum absolute atomic E-state index is 12.1. The molecule has 0 saturated heterocycles. The van der Waals surface area contributed by atoms with Gasteiger partial charge in [-0.1, -0.05) is 21.9 Å². The number of rotatable bonds is 4. The van der Waals surface area contributed by atoms with E-state index >= 15 is 0 Å². The predicted molar refractivity (Wildman–Crippen MR) is 71.3 cm³/mol. The Kier molecular flexibility index (Phi) is 4.93. The van der Waals surface area contributed by atoms with E-state index in [9.17, 15) is 9.59 Å². The van der Waals surface area contributed by atoms with Crippen LogP contribution < -0.4 is 0 Å². The number of carbonyl (C=O) groups excluding carboxylic acids is 1. The molecule has 4 nitrogen and oxygen atoms in total. The van der Waals surface area contributed by atoms with E-state index in [1.807, 2.05) is 6.92 Å². The van der Waals surface area contributed by atoms with Crippen molar-refractivity contribution in [2.45, 2.75) is 6.92 Å². The molecule has 0 atom stereocenters. The predicted octanol–water partition coefficient (Wildman–Crippen LogP) is 1.92. The van der Waals surface area contributed by atoms with E-state index in [0.717, 1.165) is 14.9 Å². The summed E-state index contributed by atoms with van der Waals surface area (Å²) in [5.74, 6) is 0.809. The highest BCUT2D eigenvalue weighted by Crippen LogP contribution is 2.18. The largest absolute Gasteiger partial charge is 0.480 e. The third-order valence-corrected chi connectivity index (χ3v) is 3.19. The molecule has 1 amide bonds. The lowest BCUT2D eigenvalue weighted by atomic mass is 10.1. The number of carboxylic acids is 1. The first kappa shape index (κ1) is 14.3. The number of terminal acetylenes is 1. The maximum Gasteiger partial charge on any atom is 0.323 e. The number of nitrogens with zero attached hydrogens (tertiary/aromatic N) is 1. The number of hydrogen-bond donors (Lipinski definition) is 1. The molecule has 0 saturated carbocycles. The summed E-state index contributed by atoms with van der Waals surface area (Å²) in [6, 6.07) is 5.07. The van der Waals surface area contributed by atoms with Gasteiger partial charge in [0.05, 0.1) is 6.54 Å². The molecule has 0 fully saturated rings. The van der Waals surface area contributed by atoms with Gasteiger partial charge in [0, 0.05) is 10.0 Å². The second-order valence-electron chi connectivity index (χ2n) is 3.72. The first-order valence-corrected chi connectivity index (χ1v) is 5.95. The number of aliphatic carboxylic acids is 1. The Hall–Kier alpha value is -1.80. The first-order chi connectivity index (χ1) is 8.45. The molecule has 1 aromatic carbocycles. The van der Waals surface area contributed by atoms with Crippen LogP contribution in [0.25, 0.3) is 0 Å². The fraction of sp³-hybridized carbons (Fsp3) is 0.231. The van der Waals surface area contributed by atoms with E-state index in [0.29, 0.717) is 5.56 Å². The van der Waals surface area contributed by atoms with Gasteiger partial charge in [-0.05, 0) is 30.7 Å². The molecule has 0 aliphatic carbocycles. The second kappa shape index (κ2) is 6.22. The van der Waals surface area contributed by atoms with Crippen molar-refractivity contribution in [2.24, 2.45) is 0 Å². The van der Waals surface area contributed by atoms with Crippen LogP contribution >= 0.6 is 15.9 Å². The molecule has 5 heteroatoms. The van der Waals surface area contributed by atoms with Crippen molar-refractivity contribution in [3.05, 3.63) is 33.8 Å². The lowest BCUT2D eigenvalue weighted by Crippen LogP contribution is -2.36. The van der Waals surface area contributed by atoms with Crippen molar-refractivity contribution in [1.29, 1.82) is 0 Å². The number of amides is 1. The third kappa shape index (κ3) is 3.60. The Bertz CT molecular complexity index is 519. The standard InChI is InChI=1S/C13H12BrNO3/c1-3-6-15(8-12(16)17)13(18)10-4-5-11(14)9(2)7-10/h1,4-5,7H,6,8H2,2H3,(H,16,17). The molecule has 1 aromatic rings. The van der Waals surface area contributed by atoms with Crippen molar-refractivity contribution in [3.8, 4) is 12.3 Å². The summed E-state index contributed by atoms with van der Waals surface area (Å²) in [5.41, 5.74) is 1.32. The van der Waals surface area contributed by atoms with E-state index in [4.69, 9.17) is 11.5 Å². The van der Waals surface area contributed by atoms with Gasteiger partial charge in [-0.3, -0.25) is 9.59 Å². The van der Waals surface area contributed by atoms with E-state index in [1.165, 1.54) is 0 Å². The third-order valence-electron chi connectivity index (χ3n) is 2.30. The number of benzene rings is 1. The minimum atomic E-state index is -1.09. The Morgan fingerprint density at radius 1 is 1.50 bits per heavy atom. The van der Waals surface area contributed by atoms with Crippen LogP contribution in [0.15, 0.2) is 22.7 Å². The van der Waals surface area contributed by atoms with E-state index < -0.39 is 12.5 Å². The Labute approximate surface area is 114 Å². The minimum Gasteiger partial charge on any atom is -0.480 e. The zero-order chi connectivity index (χ0) is 13.7. The summed E-state index contributed by atoms with van der Waals surface area (Å²) >= 11 is 3.34. The van der Waals surface area contributed by atoms with Crippen LogP contribution in [0.4, 0.5) is 0 Å². The van der Waals surface area contributed by atoms with Crippen LogP contribution in [-0.4, -0.2) is 35.0 Å². The van der Waals surface area contributed by atoms with Crippen LogP contribution in [0.5, 0.6) is 0 Å². The monoisotopic (exact) mass is 309 g/mol. The van der Waals surface area contributed by atoms with Gasteiger partial charge in [-0.2, -0.15) is 0 Å². The maximum atomic E-state index is 12.1. The van der Waals surface area contributed by atoms with Gasteiger partial charge in [0.2, 0.25) is 0 Å². The normalized spacial score (nSPS) is 9.61. The molecule has 0 aliphatic rings. The van der Waals surface area contributed by atoms with Crippen LogP contribution in [0, 0.1) is 19.3 Å². The van der Waals surface area contributed by atoms with Gasteiger partial charge < -0.3 is 10.0 Å². The van der Waals surface area contributed by atoms with Crippen molar-refractivity contribution in [3.63, 3.8) is 0 Å². The van der Waals surface area contributed by atoms with Gasteiger partial charge in [0.1, 0.15) is 6.54 Å². The molecule has 0 unspecified atom stereocenters. The first-order valence-electron chi connectivity index (χ1n) is 5.16. The summed E-state index contributed by atoms with van der Waals surface area (Å²) in [6.45, 7) is 1.42. The van der Waals surface area contributed by atoms with Crippen molar-refractivity contribution >= 4 is 27.8 Å². The second-order valence-corrected chi connectivity index (χ2v) is 4.58. The molecule has 1 rings (SSSR count). The SMILES string of the molecule is C#CCN(CC(=O)O)C(=O)c1ccc(Br)c(C)c1. The number of hydrogen-bond acceptors (Lipinski definition) is 2. The summed E-state index contributed by atoms with van der Waals surface area (Å²) in [4.78, 5) is 23.9. The molecule has 0 radical (unpaired) electrons. The molecule has 0 bridgehead atoms. The Morgan fingerprint density at radius 3 is 2.67 bits per heavy atom. The summed E-state index contributed by atoms with van der Waals surface area (Å²) in [6.07, 6.45) is 5.13. The van der Waals surface area contributed by atoms with Crippen LogP contribution in [0.1, 0.15) is 15.9 Å². The molecule has 0 spiro atoms. The molecular formula is C13H12BrNO3. The average Bonchev–Trinajstić information content (AvgIpc) is 2.31. The smallest absolute Gasteiger partial charge is 0.323 e. The van der Waals surface area contributed by atoms with Crippen LogP contribution in [-0.2, 0) is 4.79 Å². The highest BCUT2D eigenvalue weighted by Gasteiger charge is 2.17. The Morgan fingerprint density at radius 2 is 2.17 bits per heavy atom. The van der Waals surface area contributed by atoms with Crippen LogP contribution in [0.2, 0.25) is 0 Å². The van der Waals surface area contributed by atoms with Crippen molar-refractivity contribution < 1.29 is 14.7 Å². The van der Waals surface area contributed by atoms with Gasteiger partial charge in [0.15, 0.2) is 0 Å². The quantitative estimate of drug-likeness (QED) is 0.865. The Balaban J connectivity index is 2.98. The van der Waals surface area contributed by atoms with E-state index in [2.05, 4.69) is 21.9 Å². The summed E-state index contributed by atoms with van der Waals surface area (Å²) < 4.78 is 0.890. The zero-order valence-corrected chi connectivity index (χ0v) is 11.4. The molecule has 18 heavy (non-hydrogen) atoms. The molecule has 0 aromatic heterocycles. The number of halogens is 1. The van der Waals surface area contributed by atoms with E-state index in [-0.39, 0.29) is 12.5 Å². The number of carboxylic acid groups (broad SMARTS) is 1. The van der Waals surface area contributed by atoms with Gasteiger partial charge in [-0.25, -0.2) is 0 Å². The van der Waals surface area contributed by atoms with Gasteiger partial charge in [0.25, 0.3) is 5.91 Å². The van der Waals surface area contributed by atoms with Crippen molar-refractivity contribution in [1.82, 2.24) is 4.90 Å². The molecular weight excluding hydrogens is 298 g/mol. The molecule has 0 aliphatic heterocycles. The minimum absolute atomic E-state index is 0.0275. The number of carbonyl (C=O) groups is 2. The molecule has 0 heterocycles. The highest BCUT2D eigenvalue weighted by molar-refractivity contribution is 9.10. The van der Waals surface area contributed by atoms with Crippen LogP contribution in [0.3, 0.4) is 0 Å². The number of aryl methyl sites for hydroxylation is 1. The lowest BCUT2D eigenvalue weighted by molar-refractivity contribution is -0.137. The van der Waals surface area contributed by atoms with Gasteiger partial charge in [-0.15, -0.1) is 6.42 Å². The van der Waals surface area contributed by atoms with Gasteiger partial charge >= 0.3 is 5.97 Å². The molecule has 94 valence electrons. The summed E-state index contributed by atoms with van der Waals surface area (Å²) in [5, 5.41) is 8.74. The molecule has 1 N–H and O–H groups in total. The summed E-state index contributed by atoms with van der Waals surface area (Å²) in [7, 11) is 0. The topological polar surface area (TPSA) is 57.6 Å². The lowest BCUT2D eigenvalue weighted by Gasteiger charge is -2.18. The highest BCUT2D eigenvalue weighted by atomic mass is 79.9. The average molecular weight is 310 g/mol. The fourth-order valence-electron chi connectivity index (χ4n) is 1.43. The van der Waals surface area contributed by atoms with E-state index in [1.54, 1.807) is 18.2 Å². The fourth-order valence-corrected chi connectivity index (χ4v) is 1.68.